The van der Waals surface area contributed by atoms with Crippen LogP contribution in [0.5, 0.6) is 0 Å². The van der Waals surface area contributed by atoms with Crippen molar-refractivity contribution in [2.75, 3.05) is 19.7 Å². The van der Waals surface area contributed by atoms with Crippen molar-refractivity contribution in [2.45, 2.75) is 46.3 Å². The van der Waals surface area contributed by atoms with Gasteiger partial charge in [-0.15, -0.1) is 0 Å². The molecule has 0 aliphatic carbocycles. The summed E-state index contributed by atoms with van der Waals surface area (Å²) in [6.07, 6.45) is -0.0579. The first-order valence-electron chi connectivity index (χ1n) is 8.92. The number of carbonyl (C=O) groups excluding carboxylic acids is 1. The lowest BCUT2D eigenvalue weighted by atomic mass is 10.0. The average molecular weight is 360 g/mol. The molecule has 1 atom stereocenters. The SMILES string of the molecule is CCn1c(=O)[nH]c(=O)c2c(C(=O)N3CCOC(C)C3)cc(C(C)C)nc21. The van der Waals surface area contributed by atoms with Crippen LogP contribution in [0.3, 0.4) is 0 Å². The van der Waals surface area contributed by atoms with E-state index in [2.05, 4.69) is 9.97 Å². The molecule has 0 aromatic carbocycles. The van der Waals surface area contributed by atoms with Gasteiger partial charge in [0.05, 0.1) is 23.7 Å². The summed E-state index contributed by atoms with van der Waals surface area (Å²) in [7, 11) is 0. The highest BCUT2D eigenvalue weighted by Gasteiger charge is 2.27. The van der Waals surface area contributed by atoms with Gasteiger partial charge in [-0.05, 0) is 25.8 Å². The van der Waals surface area contributed by atoms with Gasteiger partial charge in [0.1, 0.15) is 0 Å². The smallest absolute Gasteiger partial charge is 0.329 e. The highest BCUT2D eigenvalue weighted by molar-refractivity contribution is 6.05. The molecule has 1 unspecified atom stereocenters. The predicted octanol–water partition coefficient (Wildman–Crippen LogP) is 1.09. The lowest BCUT2D eigenvalue weighted by Gasteiger charge is -2.31. The first kappa shape index (κ1) is 18.3. The van der Waals surface area contributed by atoms with Crippen LogP contribution in [0.25, 0.3) is 11.0 Å². The Morgan fingerprint density at radius 2 is 2.15 bits per heavy atom. The maximum atomic E-state index is 13.2. The summed E-state index contributed by atoms with van der Waals surface area (Å²) in [5.41, 5.74) is 0.127. The number of carbonyl (C=O) groups is 1. The zero-order valence-electron chi connectivity index (χ0n) is 15.5. The molecule has 1 saturated heterocycles. The van der Waals surface area contributed by atoms with Crippen molar-refractivity contribution >= 4 is 16.9 Å². The van der Waals surface area contributed by atoms with Crippen LogP contribution in [0.2, 0.25) is 0 Å². The second-order valence-electron chi connectivity index (χ2n) is 6.88. The molecule has 1 N–H and O–H groups in total. The van der Waals surface area contributed by atoms with Gasteiger partial charge in [-0.1, -0.05) is 13.8 Å². The first-order chi connectivity index (χ1) is 12.3. The number of morpholine rings is 1. The molecule has 0 bridgehead atoms. The van der Waals surface area contributed by atoms with Gasteiger partial charge in [0.2, 0.25) is 0 Å². The highest BCUT2D eigenvalue weighted by atomic mass is 16.5. The molecule has 0 saturated carbocycles. The van der Waals surface area contributed by atoms with Gasteiger partial charge in [-0.2, -0.15) is 0 Å². The molecule has 1 amide bonds. The summed E-state index contributed by atoms with van der Waals surface area (Å²) in [4.78, 5) is 46.3. The summed E-state index contributed by atoms with van der Waals surface area (Å²) in [6, 6.07) is 1.68. The molecular formula is C18H24N4O4. The van der Waals surface area contributed by atoms with Crippen molar-refractivity contribution in [3.8, 4) is 0 Å². The fraction of sp³-hybridized carbons (Fsp3) is 0.556. The van der Waals surface area contributed by atoms with Gasteiger partial charge in [0.15, 0.2) is 5.65 Å². The van der Waals surface area contributed by atoms with Gasteiger partial charge in [-0.3, -0.25) is 19.1 Å². The van der Waals surface area contributed by atoms with Crippen molar-refractivity contribution in [3.63, 3.8) is 0 Å². The molecule has 2 aromatic rings. The number of hydrogen-bond acceptors (Lipinski definition) is 5. The van der Waals surface area contributed by atoms with Gasteiger partial charge >= 0.3 is 5.69 Å². The van der Waals surface area contributed by atoms with Crippen molar-refractivity contribution in [3.05, 3.63) is 38.2 Å². The van der Waals surface area contributed by atoms with Crippen molar-refractivity contribution < 1.29 is 9.53 Å². The van der Waals surface area contributed by atoms with E-state index in [0.717, 1.165) is 0 Å². The van der Waals surface area contributed by atoms with Crippen LogP contribution >= 0.6 is 0 Å². The fourth-order valence-electron chi connectivity index (χ4n) is 3.22. The molecule has 1 aliphatic rings. The van der Waals surface area contributed by atoms with E-state index in [-0.39, 0.29) is 34.5 Å². The number of rotatable bonds is 3. The summed E-state index contributed by atoms with van der Waals surface area (Å²) in [6.45, 7) is 9.37. The number of nitrogens with one attached hydrogen (secondary N) is 1. The fourth-order valence-corrected chi connectivity index (χ4v) is 3.22. The minimum Gasteiger partial charge on any atom is -0.375 e. The van der Waals surface area contributed by atoms with Crippen LogP contribution in [0.4, 0.5) is 0 Å². The molecule has 0 radical (unpaired) electrons. The summed E-state index contributed by atoms with van der Waals surface area (Å²) < 4.78 is 6.89. The van der Waals surface area contributed by atoms with E-state index < -0.39 is 11.2 Å². The lowest BCUT2D eigenvalue weighted by molar-refractivity contribution is -0.0123. The van der Waals surface area contributed by atoms with Crippen LogP contribution in [-0.2, 0) is 11.3 Å². The van der Waals surface area contributed by atoms with Crippen LogP contribution in [-0.4, -0.2) is 51.1 Å². The number of H-pyrrole nitrogens is 1. The molecule has 140 valence electrons. The van der Waals surface area contributed by atoms with Crippen LogP contribution in [0, 0.1) is 0 Å². The predicted molar refractivity (Wildman–Crippen MR) is 97.7 cm³/mol. The van der Waals surface area contributed by atoms with Gasteiger partial charge in [-0.25, -0.2) is 9.78 Å². The Labute approximate surface area is 150 Å². The number of aromatic nitrogens is 3. The van der Waals surface area contributed by atoms with Gasteiger partial charge in [0.25, 0.3) is 11.5 Å². The highest BCUT2D eigenvalue weighted by Crippen LogP contribution is 2.22. The molecule has 0 spiro atoms. The standard InChI is InChI=1S/C18H24N4O4/c1-5-22-15-14(16(23)20-18(22)25)12(8-13(19-15)10(2)3)17(24)21-6-7-26-11(4)9-21/h8,10-11H,5-7,9H2,1-4H3,(H,20,23,25). The minimum absolute atomic E-state index is 0.0502. The molecule has 2 aromatic heterocycles. The largest absolute Gasteiger partial charge is 0.375 e. The number of ether oxygens (including phenoxy) is 1. The number of amides is 1. The van der Waals surface area contributed by atoms with E-state index in [1.165, 1.54) is 4.57 Å². The number of aryl methyl sites for hydroxylation is 1. The Morgan fingerprint density at radius 1 is 1.42 bits per heavy atom. The summed E-state index contributed by atoms with van der Waals surface area (Å²) in [5.74, 6) is -0.185. The molecule has 1 fully saturated rings. The number of nitrogens with zero attached hydrogens (tertiary/aromatic N) is 3. The maximum Gasteiger partial charge on any atom is 0.329 e. The zero-order valence-corrected chi connectivity index (χ0v) is 15.5. The lowest BCUT2D eigenvalue weighted by Crippen LogP contribution is -2.45. The molecule has 3 rings (SSSR count). The van der Waals surface area contributed by atoms with Crippen molar-refractivity contribution in [1.82, 2.24) is 19.4 Å². The van der Waals surface area contributed by atoms with Crippen LogP contribution in [0.15, 0.2) is 15.7 Å². The molecule has 3 heterocycles. The average Bonchev–Trinajstić information content (AvgIpc) is 2.60. The molecule has 8 nitrogen and oxygen atoms in total. The number of pyridine rings is 1. The normalized spacial score (nSPS) is 17.9. The van der Waals surface area contributed by atoms with Gasteiger partial charge < -0.3 is 9.64 Å². The third-order valence-corrected chi connectivity index (χ3v) is 4.63. The monoisotopic (exact) mass is 360 g/mol. The Bertz CT molecular complexity index is 960. The van der Waals surface area contributed by atoms with E-state index in [0.29, 0.717) is 31.9 Å². The van der Waals surface area contributed by atoms with Gasteiger partial charge in [0, 0.05) is 25.3 Å². The third kappa shape index (κ3) is 3.16. The van der Waals surface area contributed by atoms with E-state index >= 15 is 0 Å². The van der Waals surface area contributed by atoms with Crippen LogP contribution in [0.1, 0.15) is 49.7 Å². The Morgan fingerprint density at radius 3 is 2.77 bits per heavy atom. The minimum atomic E-state index is -0.581. The Hall–Kier alpha value is -2.48. The van der Waals surface area contributed by atoms with Crippen molar-refractivity contribution in [1.29, 1.82) is 0 Å². The Balaban J connectivity index is 2.28. The maximum absolute atomic E-state index is 13.2. The topological polar surface area (TPSA) is 97.3 Å². The van der Waals surface area contributed by atoms with E-state index in [1.54, 1.807) is 17.9 Å². The van der Waals surface area contributed by atoms with Crippen molar-refractivity contribution in [2.24, 2.45) is 0 Å². The summed E-state index contributed by atoms with van der Waals surface area (Å²) >= 11 is 0. The number of aromatic amines is 1. The molecule has 1 aliphatic heterocycles. The molecule has 8 heteroatoms. The Kier molecular flexibility index (Phi) is 4.95. The van der Waals surface area contributed by atoms with E-state index in [9.17, 15) is 14.4 Å². The van der Waals surface area contributed by atoms with E-state index in [4.69, 9.17) is 4.74 Å². The molecule has 26 heavy (non-hydrogen) atoms. The first-order valence-corrected chi connectivity index (χ1v) is 8.92. The second kappa shape index (κ2) is 7.03. The van der Waals surface area contributed by atoms with E-state index in [1.807, 2.05) is 20.8 Å². The summed E-state index contributed by atoms with van der Waals surface area (Å²) in [5, 5.41) is 0.167. The quantitative estimate of drug-likeness (QED) is 0.884. The second-order valence-corrected chi connectivity index (χ2v) is 6.88. The molecular weight excluding hydrogens is 336 g/mol. The number of fused-ring (bicyclic) bond motifs is 1. The van der Waals surface area contributed by atoms with Crippen LogP contribution < -0.4 is 11.2 Å². The third-order valence-electron chi connectivity index (χ3n) is 4.63. The number of hydrogen-bond donors (Lipinski definition) is 1. The zero-order chi connectivity index (χ0) is 19.0.